The normalized spacial score (nSPS) is 19.8. The van der Waals surface area contributed by atoms with Crippen molar-refractivity contribution in [2.75, 3.05) is 6.54 Å². The molecule has 2 heterocycles. The van der Waals surface area contributed by atoms with Gasteiger partial charge in [0, 0.05) is 12.6 Å². The van der Waals surface area contributed by atoms with Crippen LogP contribution < -0.4 is 0 Å². The van der Waals surface area contributed by atoms with Crippen molar-refractivity contribution in [3.05, 3.63) is 17.5 Å². The average molecular weight is 266 g/mol. The molecule has 0 aromatic carbocycles. The topological polar surface area (TPSA) is 55.6 Å². The van der Waals surface area contributed by atoms with E-state index >= 15 is 0 Å². The molecule has 0 radical (unpaired) electrons. The molecule has 106 valence electrons. The lowest BCUT2D eigenvalue weighted by atomic mass is 10.1. The lowest BCUT2D eigenvalue weighted by molar-refractivity contribution is 0.0204. The first-order valence-electron chi connectivity index (χ1n) is 6.86. The summed E-state index contributed by atoms with van der Waals surface area (Å²) < 4.78 is 10.8. The molecule has 1 aromatic rings. The van der Waals surface area contributed by atoms with Crippen molar-refractivity contribution < 1.29 is 14.1 Å². The van der Waals surface area contributed by atoms with Crippen molar-refractivity contribution in [2.24, 2.45) is 0 Å². The van der Waals surface area contributed by atoms with Crippen LogP contribution in [0.3, 0.4) is 0 Å². The predicted octanol–water partition coefficient (Wildman–Crippen LogP) is 3.31. The molecule has 1 amide bonds. The van der Waals surface area contributed by atoms with Crippen LogP contribution in [-0.4, -0.2) is 28.3 Å². The first kappa shape index (κ1) is 13.9. The van der Waals surface area contributed by atoms with Crippen LogP contribution in [0.4, 0.5) is 4.79 Å². The second-order valence-electron chi connectivity index (χ2n) is 5.91. The van der Waals surface area contributed by atoms with Gasteiger partial charge in [-0.3, -0.25) is 4.90 Å². The van der Waals surface area contributed by atoms with Gasteiger partial charge in [-0.2, -0.15) is 0 Å². The van der Waals surface area contributed by atoms with E-state index in [4.69, 9.17) is 9.26 Å². The van der Waals surface area contributed by atoms with Crippen LogP contribution in [0.25, 0.3) is 0 Å². The fraction of sp³-hybridized carbons (Fsp3) is 0.714. The first-order chi connectivity index (χ1) is 8.90. The quantitative estimate of drug-likeness (QED) is 0.824. The molecule has 0 aliphatic carbocycles. The fourth-order valence-corrected chi connectivity index (χ4v) is 2.25. The van der Waals surface area contributed by atoms with Crippen LogP contribution in [0.1, 0.15) is 58.0 Å². The number of nitrogens with zero attached hydrogens (tertiary/aromatic N) is 2. The minimum absolute atomic E-state index is 0.0392. The summed E-state index contributed by atoms with van der Waals surface area (Å²) in [5.41, 5.74) is 0.450. The fourth-order valence-electron chi connectivity index (χ4n) is 2.25. The molecule has 0 spiro atoms. The molecular weight excluding hydrogens is 244 g/mol. The van der Waals surface area contributed by atoms with E-state index in [0.717, 1.165) is 30.7 Å². The molecule has 0 unspecified atom stereocenters. The minimum atomic E-state index is -0.472. The smallest absolute Gasteiger partial charge is 0.410 e. The Balaban J connectivity index is 2.10. The Hall–Kier alpha value is -1.52. The number of aryl methyl sites for hydroxylation is 1. The van der Waals surface area contributed by atoms with Crippen molar-refractivity contribution in [1.82, 2.24) is 10.1 Å². The van der Waals surface area contributed by atoms with Gasteiger partial charge in [0.1, 0.15) is 5.60 Å². The maximum Gasteiger partial charge on any atom is 0.410 e. The highest BCUT2D eigenvalue weighted by atomic mass is 16.6. The first-order valence-corrected chi connectivity index (χ1v) is 6.86. The van der Waals surface area contributed by atoms with E-state index in [-0.39, 0.29) is 12.1 Å². The summed E-state index contributed by atoms with van der Waals surface area (Å²) in [5.74, 6) is 0.764. The van der Waals surface area contributed by atoms with Gasteiger partial charge in [0.05, 0.1) is 11.7 Å². The summed E-state index contributed by atoms with van der Waals surface area (Å²) >= 11 is 0. The summed E-state index contributed by atoms with van der Waals surface area (Å²) in [6.45, 7) is 8.36. The van der Waals surface area contributed by atoms with Gasteiger partial charge in [-0.05, 0) is 40.0 Å². The van der Waals surface area contributed by atoms with Crippen molar-refractivity contribution in [1.29, 1.82) is 0 Å². The van der Waals surface area contributed by atoms with E-state index in [1.165, 1.54) is 0 Å². The summed E-state index contributed by atoms with van der Waals surface area (Å²) in [5, 5.41) is 3.99. The van der Waals surface area contributed by atoms with Gasteiger partial charge in [0.15, 0.2) is 5.76 Å². The minimum Gasteiger partial charge on any atom is -0.444 e. The number of hydrogen-bond acceptors (Lipinski definition) is 4. The van der Waals surface area contributed by atoms with Crippen LogP contribution in [0.2, 0.25) is 0 Å². The third kappa shape index (κ3) is 3.28. The third-order valence-corrected chi connectivity index (χ3v) is 3.15. The Bertz CT molecular complexity index is 448. The van der Waals surface area contributed by atoms with Gasteiger partial charge in [0.2, 0.25) is 0 Å². The molecule has 2 rings (SSSR count). The molecule has 1 atom stereocenters. The van der Waals surface area contributed by atoms with E-state index in [9.17, 15) is 4.79 Å². The zero-order valence-electron chi connectivity index (χ0n) is 12.1. The SMILES string of the molecule is CCc1cc([C@@H]2CCCN2C(=O)OC(C)(C)C)on1. The van der Waals surface area contributed by atoms with Crippen molar-refractivity contribution in [3.8, 4) is 0 Å². The Labute approximate surface area is 113 Å². The average Bonchev–Trinajstić information content (AvgIpc) is 2.95. The van der Waals surface area contributed by atoms with E-state index in [1.807, 2.05) is 33.8 Å². The summed E-state index contributed by atoms with van der Waals surface area (Å²) in [7, 11) is 0. The van der Waals surface area contributed by atoms with Gasteiger partial charge in [-0.15, -0.1) is 0 Å². The van der Waals surface area contributed by atoms with Crippen LogP contribution in [0, 0.1) is 0 Å². The van der Waals surface area contributed by atoms with Gasteiger partial charge < -0.3 is 9.26 Å². The van der Waals surface area contributed by atoms with E-state index < -0.39 is 5.60 Å². The number of hydrogen-bond donors (Lipinski definition) is 0. The van der Waals surface area contributed by atoms with Gasteiger partial charge in [-0.1, -0.05) is 12.1 Å². The maximum absolute atomic E-state index is 12.2. The maximum atomic E-state index is 12.2. The van der Waals surface area contributed by atoms with Crippen LogP contribution >= 0.6 is 0 Å². The highest BCUT2D eigenvalue weighted by molar-refractivity contribution is 5.69. The predicted molar refractivity (Wildman–Crippen MR) is 70.8 cm³/mol. The Morgan fingerprint density at radius 1 is 1.58 bits per heavy atom. The highest BCUT2D eigenvalue weighted by Gasteiger charge is 2.35. The lowest BCUT2D eigenvalue weighted by Crippen LogP contribution is -2.36. The summed E-state index contributed by atoms with van der Waals surface area (Å²) in [6, 6.07) is 1.90. The third-order valence-electron chi connectivity index (χ3n) is 3.15. The number of carbonyl (C=O) groups excluding carboxylic acids is 1. The second kappa shape index (κ2) is 5.23. The number of likely N-dealkylation sites (tertiary alicyclic amines) is 1. The van der Waals surface area contributed by atoms with E-state index in [1.54, 1.807) is 4.90 Å². The Morgan fingerprint density at radius 2 is 2.32 bits per heavy atom. The Morgan fingerprint density at radius 3 is 2.89 bits per heavy atom. The molecule has 1 fully saturated rings. The molecule has 0 N–H and O–H groups in total. The monoisotopic (exact) mass is 266 g/mol. The molecule has 5 nitrogen and oxygen atoms in total. The number of aromatic nitrogens is 1. The van der Waals surface area contributed by atoms with E-state index in [2.05, 4.69) is 5.16 Å². The lowest BCUT2D eigenvalue weighted by Gasteiger charge is -2.27. The molecule has 0 bridgehead atoms. The summed E-state index contributed by atoms with van der Waals surface area (Å²) in [4.78, 5) is 13.9. The number of rotatable bonds is 2. The summed E-state index contributed by atoms with van der Waals surface area (Å²) in [6.07, 6.45) is 2.43. The van der Waals surface area contributed by atoms with E-state index in [0.29, 0.717) is 6.54 Å². The van der Waals surface area contributed by atoms with Gasteiger partial charge >= 0.3 is 6.09 Å². The van der Waals surface area contributed by atoms with Crippen LogP contribution in [-0.2, 0) is 11.2 Å². The highest BCUT2D eigenvalue weighted by Crippen LogP contribution is 2.33. The van der Waals surface area contributed by atoms with Gasteiger partial charge in [0.25, 0.3) is 0 Å². The molecule has 0 saturated carbocycles. The molecule has 5 heteroatoms. The van der Waals surface area contributed by atoms with Crippen LogP contribution in [0.5, 0.6) is 0 Å². The largest absolute Gasteiger partial charge is 0.444 e. The van der Waals surface area contributed by atoms with Gasteiger partial charge in [-0.25, -0.2) is 4.79 Å². The van der Waals surface area contributed by atoms with Crippen molar-refractivity contribution in [2.45, 2.75) is 58.6 Å². The molecule has 1 aliphatic rings. The molecular formula is C14H22N2O3. The number of carbonyl (C=O) groups is 1. The Kier molecular flexibility index (Phi) is 3.83. The molecule has 1 aromatic heterocycles. The molecule has 1 aliphatic heterocycles. The molecule has 1 saturated heterocycles. The zero-order chi connectivity index (χ0) is 14.0. The van der Waals surface area contributed by atoms with Crippen molar-refractivity contribution >= 4 is 6.09 Å². The number of ether oxygens (including phenoxy) is 1. The second-order valence-corrected chi connectivity index (χ2v) is 5.91. The standard InChI is InChI=1S/C14H22N2O3/c1-5-10-9-12(19-15-10)11-7-6-8-16(11)13(17)18-14(2,3)4/h9,11H,5-8H2,1-4H3/t11-/m0/s1. The van der Waals surface area contributed by atoms with Crippen molar-refractivity contribution in [3.63, 3.8) is 0 Å². The molecule has 19 heavy (non-hydrogen) atoms. The van der Waals surface area contributed by atoms with Crippen LogP contribution in [0.15, 0.2) is 10.6 Å². The number of amides is 1. The zero-order valence-corrected chi connectivity index (χ0v) is 12.1.